The molecule has 1 unspecified atom stereocenters. The van der Waals surface area contributed by atoms with Gasteiger partial charge in [-0.3, -0.25) is 14.9 Å². The van der Waals surface area contributed by atoms with Gasteiger partial charge in [0.05, 0.1) is 4.92 Å². The van der Waals surface area contributed by atoms with E-state index in [1.807, 2.05) is 4.90 Å². The lowest BCUT2D eigenvalue weighted by Crippen LogP contribution is -2.36. The second-order valence-corrected chi connectivity index (χ2v) is 7.02. The highest BCUT2D eigenvalue weighted by Gasteiger charge is 2.29. The maximum Gasteiger partial charge on any atom is 0.293 e. The summed E-state index contributed by atoms with van der Waals surface area (Å²) in [5.74, 6) is 0.729. The number of nitrogens with zero attached hydrogens (tertiary/aromatic N) is 5. The van der Waals surface area contributed by atoms with Gasteiger partial charge in [-0.25, -0.2) is 0 Å². The van der Waals surface area contributed by atoms with Gasteiger partial charge in [0.2, 0.25) is 0 Å². The average molecular weight is 372 g/mol. The summed E-state index contributed by atoms with van der Waals surface area (Å²) in [5.41, 5.74) is 0.760. The number of carbonyl (C=O) groups excluding carboxylic acids is 1. The number of anilines is 1. The minimum atomic E-state index is -0.429. The van der Waals surface area contributed by atoms with E-state index in [4.69, 9.17) is 0 Å². The summed E-state index contributed by atoms with van der Waals surface area (Å²) in [7, 11) is 1.50. The quantitative estimate of drug-likeness (QED) is 0.638. The fourth-order valence-corrected chi connectivity index (χ4v) is 3.57. The molecule has 0 saturated carbocycles. The molecule has 1 aliphatic heterocycles. The summed E-state index contributed by atoms with van der Waals surface area (Å²) in [6.07, 6.45) is 3.61. The molecular weight excluding hydrogens is 348 g/mol. The van der Waals surface area contributed by atoms with E-state index in [2.05, 4.69) is 33.9 Å². The molecule has 1 atom stereocenters. The van der Waals surface area contributed by atoms with Gasteiger partial charge in [0.1, 0.15) is 17.8 Å². The molecule has 0 bridgehead atoms. The van der Waals surface area contributed by atoms with E-state index >= 15 is 0 Å². The van der Waals surface area contributed by atoms with Gasteiger partial charge in [0.15, 0.2) is 0 Å². The zero-order valence-corrected chi connectivity index (χ0v) is 15.8. The minimum Gasteiger partial charge on any atom is -0.365 e. The molecule has 0 radical (unpaired) electrons. The van der Waals surface area contributed by atoms with Crippen molar-refractivity contribution in [2.24, 2.45) is 0 Å². The Morgan fingerprint density at radius 2 is 2.19 bits per heavy atom. The van der Waals surface area contributed by atoms with E-state index < -0.39 is 4.92 Å². The highest BCUT2D eigenvalue weighted by molar-refractivity contribution is 5.95. The fourth-order valence-electron chi connectivity index (χ4n) is 3.57. The Morgan fingerprint density at radius 3 is 2.85 bits per heavy atom. The maximum absolute atomic E-state index is 11.8. The number of rotatable bonds is 5. The van der Waals surface area contributed by atoms with Crippen LogP contribution in [0.15, 0.2) is 24.5 Å². The Kier molecular flexibility index (Phi) is 5.38. The van der Waals surface area contributed by atoms with E-state index in [1.54, 1.807) is 18.5 Å². The Hall–Kier alpha value is -2.97. The van der Waals surface area contributed by atoms with Gasteiger partial charge in [-0.05, 0) is 38.8 Å². The van der Waals surface area contributed by atoms with Gasteiger partial charge in [0, 0.05) is 43.7 Å². The summed E-state index contributed by atoms with van der Waals surface area (Å²) >= 11 is 0. The molecule has 9 heteroatoms. The second kappa shape index (κ2) is 7.73. The number of piperidine rings is 1. The Balaban J connectivity index is 1.91. The highest BCUT2D eigenvalue weighted by Crippen LogP contribution is 2.35. The molecule has 1 aromatic carbocycles. The molecule has 0 spiro atoms. The number of carbonyl (C=O) groups is 1. The third-order valence-electron chi connectivity index (χ3n) is 4.95. The first-order valence-electron chi connectivity index (χ1n) is 9.07. The molecule has 1 fully saturated rings. The maximum atomic E-state index is 11.8. The first-order valence-corrected chi connectivity index (χ1v) is 9.07. The average Bonchev–Trinajstić information content (AvgIpc) is 3.17. The van der Waals surface area contributed by atoms with Crippen LogP contribution in [0.5, 0.6) is 0 Å². The van der Waals surface area contributed by atoms with Crippen molar-refractivity contribution < 1.29 is 9.72 Å². The van der Waals surface area contributed by atoms with Crippen molar-refractivity contribution in [3.8, 4) is 0 Å². The SMILES string of the molecule is CNC(=O)c1ccc(N2CCCC(c3nncn3C(C)C)C2)c([N+](=O)[O-])c1. The molecule has 0 aliphatic carbocycles. The van der Waals surface area contributed by atoms with Crippen LogP contribution in [-0.4, -0.2) is 45.7 Å². The second-order valence-electron chi connectivity index (χ2n) is 7.02. The van der Waals surface area contributed by atoms with Gasteiger partial charge in [-0.1, -0.05) is 0 Å². The Morgan fingerprint density at radius 1 is 1.41 bits per heavy atom. The van der Waals surface area contributed by atoms with E-state index in [-0.39, 0.29) is 29.1 Å². The molecule has 144 valence electrons. The predicted molar refractivity (Wildman–Crippen MR) is 101 cm³/mol. The Bertz CT molecular complexity index is 847. The lowest BCUT2D eigenvalue weighted by Gasteiger charge is -2.34. The van der Waals surface area contributed by atoms with Crippen LogP contribution in [0.2, 0.25) is 0 Å². The van der Waals surface area contributed by atoms with Crippen LogP contribution in [0.1, 0.15) is 54.8 Å². The standard InChI is InChI=1S/C18H24N6O3/c1-12(2)23-11-20-21-17(23)14-5-4-8-22(10-14)15-7-6-13(18(25)19-3)9-16(15)24(26)27/h6-7,9,11-12,14H,4-5,8,10H2,1-3H3,(H,19,25). The van der Waals surface area contributed by atoms with Crippen LogP contribution >= 0.6 is 0 Å². The molecule has 9 nitrogen and oxygen atoms in total. The number of hydrogen-bond acceptors (Lipinski definition) is 6. The molecule has 1 saturated heterocycles. The van der Waals surface area contributed by atoms with Crippen LogP contribution in [0.3, 0.4) is 0 Å². The van der Waals surface area contributed by atoms with Gasteiger partial charge in [-0.15, -0.1) is 10.2 Å². The first-order chi connectivity index (χ1) is 12.9. The van der Waals surface area contributed by atoms with Crippen molar-refractivity contribution in [3.63, 3.8) is 0 Å². The summed E-state index contributed by atoms with van der Waals surface area (Å²) in [6.45, 7) is 5.52. The third-order valence-corrected chi connectivity index (χ3v) is 4.95. The molecule has 1 amide bonds. The predicted octanol–water partition coefficient (Wildman–Crippen LogP) is 2.51. The van der Waals surface area contributed by atoms with E-state index in [0.717, 1.165) is 25.2 Å². The summed E-state index contributed by atoms with van der Waals surface area (Å²) < 4.78 is 2.05. The summed E-state index contributed by atoms with van der Waals surface area (Å²) in [4.78, 5) is 25.0. The third kappa shape index (κ3) is 3.76. The molecule has 2 aromatic rings. The van der Waals surface area contributed by atoms with Crippen molar-refractivity contribution in [1.29, 1.82) is 0 Å². The van der Waals surface area contributed by atoms with Crippen LogP contribution in [-0.2, 0) is 0 Å². The number of aromatic nitrogens is 3. The molecule has 2 heterocycles. The van der Waals surface area contributed by atoms with Gasteiger partial charge in [-0.2, -0.15) is 0 Å². The number of nitro benzene ring substituents is 1. The minimum absolute atomic E-state index is 0.0536. The van der Waals surface area contributed by atoms with Crippen molar-refractivity contribution in [2.45, 2.75) is 38.6 Å². The smallest absolute Gasteiger partial charge is 0.293 e. The van der Waals surface area contributed by atoms with Crippen LogP contribution in [0.25, 0.3) is 0 Å². The fraction of sp³-hybridized carbons (Fsp3) is 0.500. The first kappa shape index (κ1) is 18.8. The van der Waals surface area contributed by atoms with Crippen molar-refractivity contribution in [1.82, 2.24) is 20.1 Å². The number of benzene rings is 1. The largest absolute Gasteiger partial charge is 0.365 e. The molecule has 3 rings (SSSR count). The zero-order valence-electron chi connectivity index (χ0n) is 15.8. The van der Waals surface area contributed by atoms with Crippen molar-refractivity contribution in [2.75, 3.05) is 25.0 Å². The number of nitro groups is 1. The molecule has 27 heavy (non-hydrogen) atoms. The van der Waals surface area contributed by atoms with Crippen LogP contribution in [0, 0.1) is 10.1 Å². The topological polar surface area (TPSA) is 106 Å². The van der Waals surface area contributed by atoms with E-state index in [9.17, 15) is 14.9 Å². The van der Waals surface area contributed by atoms with Crippen molar-refractivity contribution in [3.05, 3.63) is 46.0 Å². The molecule has 1 aromatic heterocycles. The number of hydrogen-bond donors (Lipinski definition) is 1. The monoisotopic (exact) mass is 372 g/mol. The highest BCUT2D eigenvalue weighted by atomic mass is 16.6. The normalized spacial score (nSPS) is 17.2. The van der Waals surface area contributed by atoms with E-state index in [1.165, 1.54) is 13.1 Å². The van der Waals surface area contributed by atoms with Crippen molar-refractivity contribution >= 4 is 17.3 Å². The summed E-state index contributed by atoms with van der Waals surface area (Å²) in [5, 5.41) is 22.4. The zero-order chi connectivity index (χ0) is 19.6. The number of amides is 1. The Labute approximate surface area is 157 Å². The summed E-state index contributed by atoms with van der Waals surface area (Å²) in [6, 6.07) is 4.89. The number of nitrogens with one attached hydrogen (secondary N) is 1. The van der Waals surface area contributed by atoms with Gasteiger partial charge >= 0.3 is 0 Å². The lowest BCUT2D eigenvalue weighted by atomic mass is 9.96. The van der Waals surface area contributed by atoms with Crippen LogP contribution < -0.4 is 10.2 Å². The molecule has 1 N–H and O–H groups in total. The molecule has 1 aliphatic rings. The van der Waals surface area contributed by atoms with Gasteiger partial charge in [0.25, 0.3) is 11.6 Å². The van der Waals surface area contributed by atoms with Gasteiger partial charge < -0.3 is 14.8 Å². The lowest BCUT2D eigenvalue weighted by molar-refractivity contribution is -0.384. The van der Waals surface area contributed by atoms with E-state index in [0.29, 0.717) is 12.2 Å². The van der Waals surface area contributed by atoms with Crippen LogP contribution in [0.4, 0.5) is 11.4 Å². The molecular formula is C18H24N6O3.